The first-order chi connectivity index (χ1) is 8.22. The van der Waals surface area contributed by atoms with E-state index in [0.717, 1.165) is 19.4 Å². The molecule has 1 aliphatic heterocycles. The Morgan fingerprint density at radius 1 is 1.59 bits per heavy atom. The van der Waals surface area contributed by atoms with Crippen LogP contribution in [-0.2, 0) is 6.54 Å². The highest BCUT2D eigenvalue weighted by Gasteiger charge is 2.20. The summed E-state index contributed by atoms with van der Waals surface area (Å²) in [5.74, 6) is -0.356. The van der Waals surface area contributed by atoms with Gasteiger partial charge in [-0.3, -0.25) is 4.79 Å². The van der Waals surface area contributed by atoms with Crippen molar-refractivity contribution in [2.75, 3.05) is 13.1 Å². The quantitative estimate of drug-likeness (QED) is 0.815. The number of hydrogen-bond donors (Lipinski definition) is 2. The molecule has 0 bridgehead atoms. The lowest BCUT2D eigenvalue weighted by Gasteiger charge is -2.13. The van der Waals surface area contributed by atoms with Gasteiger partial charge in [-0.15, -0.1) is 0 Å². The molecule has 1 atom stereocenters. The Balaban J connectivity index is 2.31. The summed E-state index contributed by atoms with van der Waals surface area (Å²) in [6, 6.07) is 1.35. The van der Waals surface area contributed by atoms with Crippen LogP contribution >= 0.6 is 0 Å². The first kappa shape index (κ1) is 12.3. The average molecular weight is 239 g/mol. The average Bonchev–Trinajstić information content (AvgIpc) is 2.83. The van der Waals surface area contributed by atoms with Crippen LogP contribution in [0.5, 0.6) is 0 Å². The largest absolute Gasteiger partial charge is 0.330 e. The van der Waals surface area contributed by atoms with Gasteiger partial charge in [-0.1, -0.05) is 0 Å². The van der Waals surface area contributed by atoms with Crippen molar-refractivity contribution < 1.29 is 4.39 Å². The van der Waals surface area contributed by atoms with E-state index in [-0.39, 0.29) is 17.4 Å². The molecule has 0 amide bonds. The van der Waals surface area contributed by atoms with Gasteiger partial charge in [0.25, 0.3) is 5.56 Å². The second-order valence-electron chi connectivity index (χ2n) is 4.40. The molecule has 0 radical (unpaired) electrons. The van der Waals surface area contributed by atoms with Crippen molar-refractivity contribution >= 4 is 0 Å². The third kappa shape index (κ3) is 2.73. The van der Waals surface area contributed by atoms with Gasteiger partial charge in [0.2, 0.25) is 0 Å². The van der Waals surface area contributed by atoms with Crippen LogP contribution in [-0.4, -0.2) is 17.7 Å². The molecule has 1 unspecified atom stereocenters. The fourth-order valence-corrected chi connectivity index (χ4v) is 2.25. The lowest BCUT2D eigenvalue weighted by atomic mass is 10.1. The van der Waals surface area contributed by atoms with E-state index in [2.05, 4.69) is 5.32 Å². The highest BCUT2D eigenvalue weighted by molar-refractivity contribution is 5.17. The highest BCUT2D eigenvalue weighted by atomic mass is 19.1. The molecule has 0 spiro atoms. The van der Waals surface area contributed by atoms with Crippen LogP contribution in [0.3, 0.4) is 0 Å². The van der Waals surface area contributed by atoms with E-state index >= 15 is 0 Å². The molecule has 1 saturated heterocycles. The van der Waals surface area contributed by atoms with Gasteiger partial charge < -0.3 is 15.6 Å². The third-order valence-corrected chi connectivity index (χ3v) is 3.12. The molecule has 4 nitrogen and oxygen atoms in total. The number of pyridine rings is 1. The minimum atomic E-state index is -0.356. The van der Waals surface area contributed by atoms with Gasteiger partial charge in [-0.2, -0.15) is 0 Å². The molecule has 1 aromatic heterocycles. The van der Waals surface area contributed by atoms with E-state index in [4.69, 9.17) is 5.73 Å². The van der Waals surface area contributed by atoms with Crippen molar-refractivity contribution in [1.82, 2.24) is 9.88 Å². The van der Waals surface area contributed by atoms with E-state index < -0.39 is 0 Å². The van der Waals surface area contributed by atoms with E-state index in [1.807, 2.05) is 0 Å². The molecular formula is C12H18FN3O. The summed E-state index contributed by atoms with van der Waals surface area (Å²) in [6.07, 6.45) is 3.87. The van der Waals surface area contributed by atoms with E-state index in [1.165, 1.54) is 16.8 Å². The van der Waals surface area contributed by atoms with Gasteiger partial charge in [0.15, 0.2) is 0 Å². The van der Waals surface area contributed by atoms with Crippen LogP contribution < -0.4 is 16.6 Å². The fraction of sp³-hybridized carbons (Fsp3) is 0.583. The number of nitrogens with zero attached hydrogens (tertiary/aromatic N) is 1. The first-order valence-corrected chi connectivity index (χ1v) is 6.05. The molecule has 94 valence electrons. The number of hydrogen-bond acceptors (Lipinski definition) is 3. The summed E-state index contributed by atoms with van der Waals surface area (Å²) in [5.41, 5.74) is 5.85. The van der Waals surface area contributed by atoms with Crippen LogP contribution in [0.4, 0.5) is 4.39 Å². The summed E-state index contributed by atoms with van der Waals surface area (Å²) in [5, 5.41) is 3.22. The number of halogens is 1. The van der Waals surface area contributed by atoms with Crippen LogP contribution in [0.25, 0.3) is 0 Å². The zero-order valence-corrected chi connectivity index (χ0v) is 9.79. The van der Waals surface area contributed by atoms with Gasteiger partial charge in [-0.05, 0) is 38.4 Å². The van der Waals surface area contributed by atoms with Gasteiger partial charge >= 0.3 is 0 Å². The van der Waals surface area contributed by atoms with E-state index in [0.29, 0.717) is 25.1 Å². The lowest BCUT2D eigenvalue weighted by molar-refractivity contribution is 0.543. The topological polar surface area (TPSA) is 60.0 Å². The predicted molar refractivity (Wildman–Crippen MR) is 64.3 cm³/mol. The summed E-state index contributed by atoms with van der Waals surface area (Å²) in [7, 11) is 0. The molecule has 1 fully saturated rings. The van der Waals surface area contributed by atoms with Crippen LogP contribution in [0, 0.1) is 5.82 Å². The van der Waals surface area contributed by atoms with Crippen molar-refractivity contribution in [3.05, 3.63) is 34.0 Å². The Labute approximate surface area is 99.6 Å². The maximum absolute atomic E-state index is 13.5. The van der Waals surface area contributed by atoms with Crippen molar-refractivity contribution in [3.63, 3.8) is 0 Å². The maximum Gasteiger partial charge on any atom is 0.255 e. The van der Waals surface area contributed by atoms with Gasteiger partial charge in [0, 0.05) is 24.3 Å². The summed E-state index contributed by atoms with van der Waals surface area (Å²) in [6.45, 7) is 1.87. The second kappa shape index (κ2) is 5.42. The molecule has 1 aliphatic rings. The van der Waals surface area contributed by atoms with Crippen molar-refractivity contribution in [2.45, 2.75) is 31.8 Å². The van der Waals surface area contributed by atoms with Crippen molar-refractivity contribution in [2.24, 2.45) is 5.73 Å². The second-order valence-corrected chi connectivity index (χ2v) is 4.40. The number of aryl methyl sites for hydroxylation is 1. The standard InChI is InChI=1S/C12H18FN3O/c13-9-7-10(11-3-1-5-15-11)12(17)16(8-9)6-2-4-14/h7-8,11,15H,1-6,14H2. The van der Waals surface area contributed by atoms with Crippen molar-refractivity contribution in [1.29, 1.82) is 0 Å². The molecule has 2 rings (SSSR count). The Kier molecular flexibility index (Phi) is 3.91. The Morgan fingerprint density at radius 2 is 2.41 bits per heavy atom. The maximum atomic E-state index is 13.5. The Bertz CT molecular complexity index is 438. The summed E-state index contributed by atoms with van der Waals surface area (Å²) >= 11 is 0. The number of aromatic nitrogens is 1. The van der Waals surface area contributed by atoms with E-state index in [1.54, 1.807) is 0 Å². The predicted octanol–water partition coefficient (Wildman–Crippen LogP) is 0.761. The van der Waals surface area contributed by atoms with E-state index in [9.17, 15) is 9.18 Å². The zero-order valence-electron chi connectivity index (χ0n) is 9.79. The molecule has 1 aromatic rings. The molecular weight excluding hydrogens is 221 g/mol. The molecule has 3 N–H and O–H groups in total. The van der Waals surface area contributed by atoms with Crippen LogP contribution in [0.15, 0.2) is 17.1 Å². The normalized spacial score (nSPS) is 19.8. The monoisotopic (exact) mass is 239 g/mol. The molecule has 0 saturated carbocycles. The minimum Gasteiger partial charge on any atom is -0.330 e. The molecule has 17 heavy (non-hydrogen) atoms. The third-order valence-electron chi connectivity index (χ3n) is 3.12. The molecule has 0 aromatic carbocycles. The summed E-state index contributed by atoms with van der Waals surface area (Å²) in [4.78, 5) is 12.1. The molecule has 0 aliphatic carbocycles. The molecule has 2 heterocycles. The number of rotatable bonds is 4. The van der Waals surface area contributed by atoms with Crippen LogP contribution in [0.2, 0.25) is 0 Å². The zero-order chi connectivity index (χ0) is 12.3. The highest BCUT2D eigenvalue weighted by Crippen LogP contribution is 2.20. The van der Waals surface area contributed by atoms with Gasteiger partial charge in [-0.25, -0.2) is 4.39 Å². The lowest BCUT2D eigenvalue weighted by Crippen LogP contribution is -2.29. The SMILES string of the molecule is NCCCn1cc(F)cc(C2CCCN2)c1=O. The fourth-order valence-electron chi connectivity index (χ4n) is 2.25. The molecule has 5 heteroatoms. The van der Waals surface area contributed by atoms with Gasteiger partial charge in [0.05, 0.1) is 0 Å². The number of nitrogens with one attached hydrogen (secondary N) is 1. The Morgan fingerprint density at radius 3 is 3.06 bits per heavy atom. The number of nitrogens with two attached hydrogens (primary N) is 1. The van der Waals surface area contributed by atoms with Gasteiger partial charge in [0.1, 0.15) is 5.82 Å². The Hall–Kier alpha value is -1.20. The van der Waals surface area contributed by atoms with Crippen molar-refractivity contribution in [3.8, 4) is 0 Å². The van der Waals surface area contributed by atoms with Crippen LogP contribution in [0.1, 0.15) is 30.9 Å². The summed E-state index contributed by atoms with van der Waals surface area (Å²) < 4.78 is 14.9. The smallest absolute Gasteiger partial charge is 0.255 e. The first-order valence-electron chi connectivity index (χ1n) is 6.05. The minimum absolute atomic E-state index is 0.00215.